The maximum Gasteiger partial charge on any atom is 0.341 e. The van der Waals surface area contributed by atoms with Gasteiger partial charge in [-0.1, -0.05) is 6.07 Å². The maximum absolute atomic E-state index is 12.9. The Hall–Kier alpha value is -3.15. The molecule has 28 heavy (non-hydrogen) atoms. The number of hydrogen-bond donors (Lipinski definition) is 2. The molecule has 0 radical (unpaired) electrons. The zero-order valence-electron chi connectivity index (χ0n) is 15.7. The van der Waals surface area contributed by atoms with E-state index in [0.717, 1.165) is 60.1 Å². The number of fused-ring (bicyclic) bond motifs is 5. The SMILES string of the molecule is CNc1cc2c(cn1)-c1ccc3c(=O)c(C(=O)O)cn(C4CC4)c3c1CCC2. The summed E-state index contributed by atoms with van der Waals surface area (Å²) in [5, 5.41) is 13.1. The first kappa shape index (κ1) is 17.0. The third kappa shape index (κ3) is 2.52. The Balaban J connectivity index is 1.84. The average Bonchev–Trinajstić information content (AvgIpc) is 3.54. The van der Waals surface area contributed by atoms with Gasteiger partial charge in [0.1, 0.15) is 11.4 Å². The number of carboxylic acid groups (broad SMARTS) is 1. The van der Waals surface area contributed by atoms with Crippen molar-refractivity contribution in [3.8, 4) is 11.1 Å². The maximum atomic E-state index is 12.9. The van der Waals surface area contributed by atoms with E-state index in [1.54, 1.807) is 12.3 Å². The van der Waals surface area contributed by atoms with Crippen molar-refractivity contribution in [1.29, 1.82) is 0 Å². The van der Waals surface area contributed by atoms with Gasteiger partial charge in [-0.3, -0.25) is 4.79 Å². The summed E-state index contributed by atoms with van der Waals surface area (Å²) < 4.78 is 2.04. The number of aromatic carboxylic acids is 1. The molecule has 3 aromatic rings. The molecule has 0 aliphatic heterocycles. The van der Waals surface area contributed by atoms with Crippen molar-refractivity contribution >= 4 is 22.7 Å². The average molecular weight is 375 g/mol. The molecular weight excluding hydrogens is 354 g/mol. The van der Waals surface area contributed by atoms with Gasteiger partial charge in [0.25, 0.3) is 0 Å². The van der Waals surface area contributed by atoms with Crippen molar-refractivity contribution < 1.29 is 9.90 Å². The van der Waals surface area contributed by atoms with Crippen molar-refractivity contribution in [3.05, 3.63) is 57.5 Å². The van der Waals surface area contributed by atoms with Gasteiger partial charge in [-0.05, 0) is 60.9 Å². The van der Waals surface area contributed by atoms with Crippen LogP contribution in [0.5, 0.6) is 0 Å². The highest BCUT2D eigenvalue weighted by Gasteiger charge is 2.29. The first-order valence-electron chi connectivity index (χ1n) is 9.69. The predicted molar refractivity (Wildman–Crippen MR) is 108 cm³/mol. The minimum atomic E-state index is -1.16. The number of aromatic nitrogens is 2. The van der Waals surface area contributed by atoms with E-state index in [1.165, 1.54) is 5.56 Å². The van der Waals surface area contributed by atoms with Crippen LogP contribution in [0.4, 0.5) is 5.82 Å². The number of hydrogen-bond acceptors (Lipinski definition) is 4. The predicted octanol–water partition coefficient (Wildman–Crippen LogP) is 3.63. The van der Waals surface area contributed by atoms with E-state index in [4.69, 9.17) is 0 Å². The molecule has 1 aromatic carbocycles. The van der Waals surface area contributed by atoms with Crippen molar-refractivity contribution in [2.75, 3.05) is 12.4 Å². The first-order chi connectivity index (χ1) is 13.6. The Kier molecular flexibility index (Phi) is 3.75. The molecule has 0 atom stereocenters. The van der Waals surface area contributed by atoms with Gasteiger partial charge in [-0.2, -0.15) is 0 Å². The second-order valence-electron chi connectivity index (χ2n) is 7.63. The summed E-state index contributed by atoms with van der Waals surface area (Å²) in [4.78, 5) is 29.0. The second kappa shape index (κ2) is 6.19. The Morgan fingerprint density at radius 1 is 1.25 bits per heavy atom. The van der Waals surface area contributed by atoms with Crippen LogP contribution < -0.4 is 10.7 Å². The number of carbonyl (C=O) groups is 1. The molecule has 1 fully saturated rings. The minimum absolute atomic E-state index is 0.145. The fourth-order valence-electron chi connectivity index (χ4n) is 4.36. The van der Waals surface area contributed by atoms with E-state index in [2.05, 4.69) is 16.4 Å². The molecule has 0 spiro atoms. The van der Waals surface area contributed by atoms with E-state index in [1.807, 2.05) is 23.9 Å². The van der Waals surface area contributed by atoms with Gasteiger partial charge >= 0.3 is 5.97 Å². The molecule has 2 aromatic heterocycles. The summed E-state index contributed by atoms with van der Waals surface area (Å²) >= 11 is 0. The van der Waals surface area contributed by atoms with Crippen LogP contribution in [0.1, 0.15) is 46.8 Å². The van der Waals surface area contributed by atoms with E-state index < -0.39 is 11.4 Å². The highest BCUT2D eigenvalue weighted by Crippen LogP contribution is 2.41. The minimum Gasteiger partial charge on any atom is -0.477 e. The molecule has 2 N–H and O–H groups in total. The number of rotatable bonds is 3. The van der Waals surface area contributed by atoms with E-state index >= 15 is 0 Å². The number of benzene rings is 1. The Bertz CT molecular complexity index is 1190. The van der Waals surface area contributed by atoms with Crippen LogP contribution in [0, 0.1) is 0 Å². The van der Waals surface area contributed by atoms with Gasteiger partial charge in [0.15, 0.2) is 0 Å². The lowest BCUT2D eigenvalue weighted by Crippen LogP contribution is -2.19. The lowest BCUT2D eigenvalue weighted by Gasteiger charge is -2.18. The molecule has 0 amide bonds. The van der Waals surface area contributed by atoms with E-state index in [9.17, 15) is 14.7 Å². The molecule has 2 heterocycles. The van der Waals surface area contributed by atoms with E-state index in [0.29, 0.717) is 5.39 Å². The molecule has 1 saturated carbocycles. The van der Waals surface area contributed by atoms with Crippen molar-refractivity contribution in [2.24, 2.45) is 0 Å². The zero-order valence-corrected chi connectivity index (χ0v) is 15.7. The second-order valence-corrected chi connectivity index (χ2v) is 7.63. The Labute approximate surface area is 161 Å². The number of aryl methyl sites for hydroxylation is 2. The van der Waals surface area contributed by atoms with Crippen LogP contribution in [0.3, 0.4) is 0 Å². The topological polar surface area (TPSA) is 84.2 Å². The van der Waals surface area contributed by atoms with Gasteiger partial charge < -0.3 is 15.0 Å². The number of anilines is 1. The third-order valence-corrected chi connectivity index (χ3v) is 5.88. The Morgan fingerprint density at radius 3 is 2.79 bits per heavy atom. The summed E-state index contributed by atoms with van der Waals surface area (Å²) in [5.74, 6) is -0.311. The van der Waals surface area contributed by atoms with Crippen LogP contribution in [-0.4, -0.2) is 27.7 Å². The van der Waals surface area contributed by atoms with Crippen LogP contribution in [0.2, 0.25) is 0 Å². The molecule has 6 heteroatoms. The van der Waals surface area contributed by atoms with Crippen LogP contribution in [-0.2, 0) is 12.8 Å². The molecule has 0 unspecified atom stereocenters. The lowest BCUT2D eigenvalue weighted by atomic mass is 9.94. The molecule has 6 nitrogen and oxygen atoms in total. The smallest absolute Gasteiger partial charge is 0.341 e. The number of pyridine rings is 2. The molecule has 2 aliphatic carbocycles. The van der Waals surface area contributed by atoms with E-state index in [-0.39, 0.29) is 11.6 Å². The summed E-state index contributed by atoms with van der Waals surface area (Å²) in [6, 6.07) is 6.13. The van der Waals surface area contributed by atoms with Gasteiger partial charge in [0, 0.05) is 36.4 Å². The highest BCUT2D eigenvalue weighted by molar-refractivity contribution is 5.96. The number of nitrogens with one attached hydrogen (secondary N) is 1. The van der Waals surface area contributed by atoms with Crippen molar-refractivity contribution in [3.63, 3.8) is 0 Å². The lowest BCUT2D eigenvalue weighted by molar-refractivity contribution is 0.0695. The summed E-state index contributed by atoms with van der Waals surface area (Å²) in [5.41, 5.74) is 4.96. The summed E-state index contributed by atoms with van der Waals surface area (Å²) in [7, 11) is 1.86. The summed E-state index contributed by atoms with van der Waals surface area (Å²) in [6.07, 6.45) is 8.28. The molecule has 0 saturated heterocycles. The number of nitrogens with zero attached hydrogens (tertiary/aromatic N) is 2. The quantitative estimate of drug-likeness (QED) is 0.730. The standard InChI is InChI=1S/C22H21N3O3/c1-23-19-9-12-3-2-4-15-14(17(12)10-24-19)7-8-16-20(15)25(13-5-6-13)11-18(21(16)26)22(27)28/h7-11,13H,2-6H2,1H3,(H,23,24)(H,27,28). The van der Waals surface area contributed by atoms with Crippen LogP contribution in [0.15, 0.2) is 35.4 Å². The molecule has 142 valence electrons. The first-order valence-corrected chi connectivity index (χ1v) is 9.69. The summed E-state index contributed by atoms with van der Waals surface area (Å²) in [6.45, 7) is 0. The van der Waals surface area contributed by atoms with Gasteiger partial charge in [-0.15, -0.1) is 0 Å². The van der Waals surface area contributed by atoms with Crippen molar-refractivity contribution in [1.82, 2.24) is 9.55 Å². The molecule has 5 rings (SSSR count). The fourth-order valence-corrected chi connectivity index (χ4v) is 4.36. The Morgan fingerprint density at radius 2 is 2.07 bits per heavy atom. The zero-order chi connectivity index (χ0) is 19.4. The van der Waals surface area contributed by atoms with Gasteiger partial charge in [0.2, 0.25) is 5.43 Å². The fraction of sp³-hybridized carbons (Fsp3) is 0.318. The van der Waals surface area contributed by atoms with Crippen LogP contribution >= 0.6 is 0 Å². The monoisotopic (exact) mass is 375 g/mol. The largest absolute Gasteiger partial charge is 0.477 e. The molecule has 2 aliphatic rings. The van der Waals surface area contributed by atoms with Crippen molar-refractivity contribution in [2.45, 2.75) is 38.1 Å². The number of carboxylic acids is 1. The highest BCUT2D eigenvalue weighted by atomic mass is 16.4. The third-order valence-electron chi connectivity index (χ3n) is 5.88. The van der Waals surface area contributed by atoms with Gasteiger partial charge in [-0.25, -0.2) is 9.78 Å². The molecular formula is C22H21N3O3. The van der Waals surface area contributed by atoms with Crippen LogP contribution in [0.25, 0.3) is 22.0 Å². The van der Waals surface area contributed by atoms with Gasteiger partial charge in [0.05, 0.1) is 5.52 Å². The molecule has 0 bridgehead atoms. The normalized spacial score (nSPS) is 15.6.